The van der Waals surface area contributed by atoms with Crippen molar-refractivity contribution in [3.63, 3.8) is 0 Å². The number of ketones is 1. The van der Waals surface area contributed by atoms with Crippen molar-refractivity contribution in [2.45, 2.75) is 23.6 Å². The zero-order valence-corrected chi connectivity index (χ0v) is 12.9. The van der Waals surface area contributed by atoms with Crippen molar-refractivity contribution in [2.24, 2.45) is 0 Å². The van der Waals surface area contributed by atoms with Crippen LogP contribution in [-0.2, 0) is 0 Å². The van der Waals surface area contributed by atoms with E-state index < -0.39 is 0 Å². The average molecular weight is 339 g/mol. The fraction of sp³-hybridized carbons (Fsp3) is 0.133. The van der Waals surface area contributed by atoms with Gasteiger partial charge in [-0.05, 0) is 59.6 Å². The predicted molar refractivity (Wildman–Crippen MR) is 79.4 cm³/mol. The molecule has 98 valence electrons. The molecule has 1 nitrogen and oxygen atoms in total. The number of Topliss-reactive ketones (excluding diaryl/α,β-unsaturated/α-hetero) is 1. The highest BCUT2D eigenvalue weighted by Gasteiger charge is 2.13. The summed E-state index contributed by atoms with van der Waals surface area (Å²) in [5, 5.41) is 0. The van der Waals surface area contributed by atoms with Crippen LogP contribution >= 0.6 is 27.7 Å². The minimum absolute atomic E-state index is 0.131. The Morgan fingerprint density at radius 2 is 1.89 bits per heavy atom. The van der Waals surface area contributed by atoms with Crippen LogP contribution in [0.1, 0.15) is 22.8 Å². The largest absolute Gasteiger partial charge is 0.294 e. The Kier molecular flexibility index (Phi) is 4.42. The molecular formula is C15H12BrFOS. The van der Waals surface area contributed by atoms with Gasteiger partial charge in [-0.1, -0.05) is 23.9 Å². The minimum Gasteiger partial charge on any atom is -0.294 e. The maximum absolute atomic E-state index is 13.6. The molecule has 0 aliphatic rings. The third-order valence-corrected chi connectivity index (χ3v) is 4.78. The molecule has 0 atom stereocenters. The minimum atomic E-state index is -0.346. The summed E-state index contributed by atoms with van der Waals surface area (Å²) in [4.78, 5) is 13.4. The van der Waals surface area contributed by atoms with E-state index in [1.807, 2.05) is 24.3 Å². The molecule has 0 N–H and O–H groups in total. The number of carbonyl (C=O) groups is 1. The second-order valence-corrected chi connectivity index (χ2v) is 6.12. The van der Waals surface area contributed by atoms with E-state index in [-0.39, 0.29) is 11.6 Å². The summed E-state index contributed by atoms with van der Waals surface area (Å²) in [7, 11) is 0. The van der Waals surface area contributed by atoms with Gasteiger partial charge in [0.05, 0.1) is 0 Å². The van der Waals surface area contributed by atoms with Gasteiger partial charge in [0, 0.05) is 19.8 Å². The predicted octanol–water partition coefficient (Wildman–Crippen LogP) is 5.25. The van der Waals surface area contributed by atoms with Crippen molar-refractivity contribution >= 4 is 33.5 Å². The lowest BCUT2D eigenvalue weighted by Gasteiger charge is -2.10. The van der Waals surface area contributed by atoms with Crippen LogP contribution in [0.4, 0.5) is 4.39 Å². The number of carbonyl (C=O) groups excluding carboxylic acids is 1. The number of benzene rings is 2. The molecule has 0 amide bonds. The van der Waals surface area contributed by atoms with Crippen LogP contribution in [0, 0.1) is 12.7 Å². The van der Waals surface area contributed by atoms with Gasteiger partial charge in [0.15, 0.2) is 5.78 Å². The van der Waals surface area contributed by atoms with Crippen LogP contribution in [0.25, 0.3) is 0 Å². The molecule has 0 aliphatic heterocycles. The van der Waals surface area contributed by atoms with Crippen LogP contribution < -0.4 is 0 Å². The van der Waals surface area contributed by atoms with Gasteiger partial charge in [-0.25, -0.2) is 4.39 Å². The van der Waals surface area contributed by atoms with Crippen LogP contribution in [0.3, 0.4) is 0 Å². The summed E-state index contributed by atoms with van der Waals surface area (Å²) in [6.07, 6.45) is 0. The van der Waals surface area contributed by atoms with E-state index in [0.29, 0.717) is 11.1 Å². The van der Waals surface area contributed by atoms with Crippen molar-refractivity contribution < 1.29 is 9.18 Å². The molecular weight excluding hydrogens is 327 g/mol. The van der Waals surface area contributed by atoms with E-state index in [0.717, 1.165) is 14.3 Å². The first-order chi connectivity index (χ1) is 8.99. The maximum atomic E-state index is 13.6. The number of rotatable bonds is 3. The molecule has 0 spiro atoms. The van der Waals surface area contributed by atoms with Crippen molar-refractivity contribution in [2.75, 3.05) is 0 Å². The van der Waals surface area contributed by atoms with Crippen molar-refractivity contribution in [3.8, 4) is 0 Å². The van der Waals surface area contributed by atoms with Gasteiger partial charge in [-0.3, -0.25) is 4.79 Å². The first-order valence-electron chi connectivity index (χ1n) is 5.72. The van der Waals surface area contributed by atoms with Gasteiger partial charge in [0.2, 0.25) is 0 Å². The van der Waals surface area contributed by atoms with E-state index in [1.54, 1.807) is 13.0 Å². The van der Waals surface area contributed by atoms with Gasteiger partial charge in [-0.15, -0.1) is 0 Å². The van der Waals surface area contributed by atoms with Crippen molar-refractivity contribution in [3.05, 3.63) is 57.8 Å². The second-order valence-electron chi connectivity index (χ2n) is 4.19. The molecule has 0 bridgehead atoms. The molecule has 0 heterocycles. The maximum Gasteiger partial charge on any atom is 0.161 e. The zero-order chi connectivity index (χ0) is 14.0. The Morgan fingerprint density at radius 1 is 1.21 bits per heavy atom. The average Bonchev–Trinajstić information content (AvgIpc) is 2.36. The molecule has 4 heteroatoms. The van der Waals surface area contributed by atoms with E-state index in [1.165, 1.54) is 24.8 Å². The van der Waals surface area contributed by atoms with Crippen LogP contribution in [0.5, 0.6) is 0 Å². The monoisotopic (exact) mass is 338 g/mol. The number of hydrogen-bond acceptors (Lipinski definition) is 2. The summed E-state index contributed by atoms with van der Waals surface area (Å²) in [6.45, 7) is 3.15. The standard InChI is InChI=1S/C15H12BrFOS/c1-9-7-15(11(10(2)18)8-13(9)17)19-14-6-4-3-5-12(14)16/h3-8H,1-2H3. The Labute approximate surface area is 124 Å². The molecule has 0 saturated heterocycles. The first kappa shape index (κ1) is 14.3. The number of halogens is 2. The normalized spacial score (nSPS) is 10.5. The quantitative estimate of drug-likeness (QED) is 0.711. The molecule has 2 aromatic rings. The van der Waals surface area contributed by atoms with Crippen LogP contribution in [0.2, 0.25) is 0 Å². The fourth-order valence-corrected chi connectivity index (χ4v) is 3.29. The zero-order valence-electron chi connectivity index (χ0n) is 10.5. The highest BCUT2D eigenvalue weighted by atomic mass is 79.9. The summed E-state index contributed by atoms with van der Waals surface area (Å²) in [5.74, 6) is -0.477. The van der Waals surface area contributed by atoms with E-state index >= 15 is 0 Å². The SMILES string of the molecule is CC(=O)c1cc(F)c(C)cc1Sc1ccccc1Br. The second kappa shape index (κ2) is 5.88. The summed E-state index contributed by atoms with van der Waals surface area (Å²) >= 11 is 4.93. The molecule has 0 saturated carbocycles. The smallest absolute Gasteiger partial charge is 0.161 e. The van der Waals surface area contributed by atoms with Crippen molar-refractivity contribution in [1.82, 2.24) is 0 Å². The number of hydrogen-bond donors (Lipinski definition) is 0. The van der Waals surface area contributed by atoms with Gasteiger partial charge in [0.1, 0.15) is 5.82 Å². The third kappa shape index (κ3) is 3.25. The highest BCUT2D eigenvalue weighted by molar-refractivity contribution is 9.10. The van der Waals surface area contributed by atoms with E-state index in [4.69, 9.17) is 0 Å². The van der Waals surface area contributed by atoms with Crippen LogP contribution in [-0.4, -0.2) is 5.78 Å². The number of aryl methyl sites for hydroxylation is 1. The molecule has 2 rings (SSSR count). The summed E-state index contributed by atoms with van der Waals surface area (Å²) in [5.41, 5.74) is 0.961. The fourth-order valence-electron chi connectivity index (χ4n) is 1.66. The van der Waals surface area contributed by atoms with E-state index in [9.17, 15) is 9.18 Å². The Balaban J connectivity index is 2.48. The topological polar surface area (TPSA) is 17.1 Å². The lowest BCUT2D eigenvalue weighted by atomic mass is 10.1. The Hall–Kier alpha value is -1.13. The van der Waals surface area contributed by atoms with E-state index in [2.05, 4.69) is 15.9 Å². The Bertz CT molecular complexity index is 640. The van der Waals surface area contributed by atoms with Gasteiger partial charge in [0.25, 0.3) is 0 Å². The molecule has 0 aliphatic carbocycles. The molecule has 0 fully saturated rings. The van der Waals surface area contributed by atoms with Gasteiger partial charge in [-0.2, -0.15) is 0 Å². The third-order valence-electron chi connectivity index (χ3n) is 2.70. The lowest BCUT2D eigenvalue weighted by molar-refractivity contribution is 0.101. The highest BCUT2D eigenvalue weighted by Crippen LogP contribution is 2.36. The first-order valence-corrected chi connectivity index (χ1v) is 7.33. The Morgan fingerprint density at radius 3 is 2.53 bits per heavy atom. The molecule has 19 heavy (non-hydrogen) atoms. The summed E-state index contributed by atoms with van der Waals surface area (Å²) in [6, 6.07) is 10.8. The van der Waals surface area contributed by atoms with Gasteiger partial charge < -0.3 is 0 Å². The van der Waals surface area contributed by atoms with Gasteiger partial charge >= 0.3 is 0 Å². The molecule has 0 aromatic heterocycles. The molecule has 0 radical (unpaired) electrons. The lowest BCUT2D eigenvalue weighted by Crippen LogP contribution is -1.98. The van der Waals surface area contributed by atoms with Crippen LogP contribution in [0.15, 0.2) is 50.7 Å². The molecule has 0 unspecified atom stereocenters. The molecule has 2 aromatic carbocycles. The summed E-state index contributed by atoms with van der Waals surface area (Å²) < 4.78 is 14.5. The van der Waals surface area contributed by atoms with Crippen molar-refractivity contribution in [1.29, 1.82) is 0 Å².